The molecule has 4 rings (SSSR count). The van der Waals surface area contributed by atoms with Crippen LogP contribution in [0, 0.1) is 23.2 Å². The van der Waals surface area contributed by atoms with Gasteiger partial charge in [0.1, 0.15) is 0 Å². The summed E-state index contributed by atoms with van der Waals surface area (Å²) in [4.78, 5) is 0. The van der Waals surface area contributed by atoms with Crippen molar-refractivity contribution in [2.24, 2.45) is 23.2 Å². The lowest BCUT2D eigenvalue weighted by atomic mass is 9.60. The minimum Gasteiger partial charge on any atom is -0.413 e. The van der Waals surface area contributed by atoms with E-state index in [4.69, 9.17) is 9.16 Å². The first-order chi connectivity index (χ1) is 21.4. The zero-order valence-electron chi connectivity index (χ0n) is 30.8. The number of fused-ring (bicyclic) bond motifs is 1. The largest absolute Gasteiger partial charge is 0.413 e. The third kappa shape index (κ3) is 9.14. The summed E-state index contributed by atoms with van der Waals surface area (Å²) < 4.78 is 13.6. The quantitative estimate of drug-likeness (QED) is 0.221. The third-order valence-electron chi connectivity index (χ3n) is 12.3. The molecule has 0 unspecified atom stereocenters. The van der Waals surface area contributed by atoms with Crippen molar-refractivity contribution in [2.75, 3.05) is 0 Å². The van der Waals surface area contributed by atoms with Gasteiger partial charge in [0.15, 0.2) is 8.32 Å². The molecule has 0 spiro atoms. The molecule has 5 heteroatoms. The monoisotopic (exact) mass is 650 g/mol. The van der Waals surface area contributed by atoms with E-state index in [9.17, 15) is 10.2 Å². The van der Waals surface area contributed by atoms with Gasteiger partial charge in [0.25, 0.3) is 0 Å². The van der Waals surface area contributed by atoms with Gasteiger partial charge in [-0.2, -0.15) is 0 Å². The molecule has 6 atom stereocenters. The zero-order valence-corrected chi connectivity index (χ0v) is 31.8. The van der Waals surface area contributed by atoms with Gasteiger partial charge in [0.2, 0.25) is 0 Å². The standard InChI is InChI=1S/C41H66O4Si/c1-29(13-11-23-40(6,7)43)36-21-22-37-33(14-12-24-41(36,37)8)19-20-34-25-35(45-46(9,10)39(3,4)5)26-38(30(34)2)44-28-32-17-15-31(27-42)16-18-32/h15-20,29,35-38,42-43H,2,11-14,21-28H2,1,3-10H3/b33-19+,34-20-/t29-,35-,36-,37+,38+,41-/m1/s1. The van der Waals surface area contributed by atoms with E-state index in [0.29, 0.717) is 23.9 Å². The first-order valence-corrected chi connectivity index (χ1v) is 21.1. The summed E-state index contributed by atoms with van der Waals surface area (Å²) in [6, 6.07) is 8.03. The molecule has 4 nitrogen and oxygen atoms in total. The SMILES string of the molecule is C=C1/C(=C\C=C2/CCC[C@]3(C)[C@@H]([C@H](C)CCCC(C)(C)O)CC[C@@H]23)C[C@@H](O[Si](C)(C)C(C)(C)C)C[C@@H]1OCc1ccc(CO)cc1. The molecule has 0 amide bonds. The summed E-state index contributed by atoms with van der Waals surface area (Å²) >= 11 is 0. The van der Waals surface area contributed by atoms with Gasteiger partial charge in [-0.3, -0.25) is 0 Å². The molecule has 46 heavy (non-hydrogen) atoms. The minimum atomic E-state index is -1.96. The Kier molecular flexibility index (Phi) is 12.1. The molecule has 3 aliphatic rings. The number of hydrogen-bond acceptors (Lipinski definition) is 4. The molecule has 3 aliphatic carbocycles. The second-order valence-corrected chi connectivity index (χ2v) is 22.2. The Bertz CT molecular complexity index is 1230. The maximum Gasteiger partial charge on any atom is 0.192 e. The average Bonchev–Trinajstić information content (AvgIpc) is 3.33. The van der Waals surface area contributed by atoms with Gasteiger partial charge in [-0.1, -0.05) is 96.0 Å². The van der Waals surface area contributed by atoms with Crippen LogP contribution in [-0.2, 0) is 22.4 Å². The first kappa shape index (κ1) is 37.3. The fourth-order valence-electron chi connectivity index (χ4n) is 8.49. The summed E-state index contributed by atoms with van der Waals surface area (Å²) in [5.74, 6) is 2.11. The molecule has 0 bridgehead atoms. The van der Waals surface area contributed by atoms with E-state index in [0.717, 1.165) is 48.3 Å². The average molecular weight is 651 g/mol. The molecule has 3 fully saturated rings. The van der Waals surface area contributed by atoms with Gasteiger partial charge < -0.3 is 19.4 Å². The van der Waals surface area contributed by atoms with Crippen LogP contribution in [-0.4, -0.2) is 36.3 Å². The maximum atomic E-state index is 10.2. The topological polar surface area (TPSA) is 58.9 Å². The second-order valence-electron chi connectivity index (χ2n) is 17.5. The molecule has 0 radical (unpaired) electrons. The van der Waals surface area contributed by atoms with Crippen molar-refractivity contribution in [2.45, 2.75) is 162 Å². The van der Waals surface area contributed by atoms with Crippen molar-refractivity contribution in [1.82, 2.24) is 0 Å². The lowest BCUT2D eigenvalue weighted by Crippen LogP contribution is -2.46. The van der Waals surface area contributed by atoms with Crippen LogP contribution in [0.4, 0.5) is 0 Å². The molecule has 0 aromatic heterocycles. The van der Waals surface area contributed by atoms with Crippen LogP contribution < -0.4 is 0 Å². The minimum absolute atomic E-state index is 0.0551. The van der Waals surface area contributed by atoms with E-state index >= 15 is 0 Å². The van der Waals surface area contributed by atoms with Crippen molar-refractivity contribution in [3.05, 3.63) is 70.8 Å². The van der Waals surface area contributed by atoms with Crippen LogP contribution in [0.5, 0.6) is 0 Å². The smallest absolute Gasteiger partial charge is 0.192 e. The Hall–Kier alpha value is -1.50. The fourth-order valence-corrected chi connectivity index (χ4v) is 9.86. The van der Waals surface area contributed by atoms with Crippen LogP contribution in [0.3, 0.4) is 0 Å². The van der Waals surface area contributed by atoms with E-state index < -0.39 is 13.9 Å². The molecule has 0 aliphatic heterocycles. The molecule has 1 aromatic carbocycles. The molecular weight excluding hydrogens is 585 g/mol. The number of aliphatic hydroxyl groups is 2. The third-order valence-corrected chi connectivity index (χ3v) is 16.9. The molecule has 3 saturated carbocycles. The molecule has 0 heterocycles. The number of hydrogen-bond donors (Lipinski definition) is 2. The summed E-state index contributed by atoms with van der Waals surface area (Å²) in [5.41, 5.74) is 5.84. The molecule has 1 aromatic rings. The van der Waals surface area contributed by atoms with Gasteiger partial charge in [-0.15, -0.1) is 0 Å². The van der Waals surface area contributed by atoms with Crippen LogP contribution in [0.15, 0.2) is 59.7 Å². The summed E-state index contributed by atoms with van der Waals surface area (Å²) in [7, 11) is -1.96. The van der Waals surface area contributed by atoms with Crippen LogP contribution in [0.2, 0.25) is 18.1 Å². The second kappa shape index (κ2) is 14.9. The summed E-state index contributed by atoms with van der Waals surface area (Å²) in [5, 5.41) is 19.8. The Labute approximate surface area is 282 Å². The Morgan fingerprint density at radius 1 is 1.07 bits per heavy atom. The number of aliphatic hydroxyl groups excluding tert-OH is 1. The molecule has 2 N–H and O–H groups in total. The van der Waals surface area contributed by atoms with E-state index in [-0.39, 0.29) is 23.9 Å². The lowest BCUT2D eigenvalue weighted by Gasteiger charge is -2.44. The number of benzene rings is 1. The highest BCUT2D eigenvalue weighted by Crippen LogP contribution is 2.60. The van der Waals surface area contributed by atoms with Crippen molar-refractivity contribution >= 4 is 8.32 Å². The maximum absolute atomic E-state index is 10.2. The van der Waals surface area contributed by atoms with Crippen molar-refractivity contribution in [3.63, 3.8) is 0 Å². The first-order valence-electron chi connectivity index (χ1n) is 18.2. The van der Waals surface area contributed by atoms with Crippen molar-refractivity contribution in [1.29, 1.82) is 0 Å². The van der Waals surface area contributed by atoms with E-state index in [1.807, 2.05) is 38.1 Å². The van der Waals surface area contributed by atoms with Crippen LogP contribution in [0.25, 0.3) is 0 Å². The van der Waals surface area contributed by atoms with Gasteiger partial charge in [0.05, 0.1) is 31.0 Å². The number of allylic oxidation sites excluding steroid dienone is 3. The van der Waals surface area contributed by atoms with E-state index in [1.54, 1.807) is 5.57 Å². The Balaban J connectivity index is 1.52. The normalized spacial score (nSPS) is 30.2. The predicted octanol–water partition coefficient (Wildman–Crippen LogP) is 10.5. The van der Waals surface area contributed by atoms with E-state index in [1.165, 1.54) is 44.1 Å². The summed E-state index contributed by atoms with van der Waals surface area (Å²) in [6.07, 6.45) is 16.2. The van der Waals surface area contributed by atoms with Crippen molar-refractivity contribution < 1.29 is 19.4 Å². The van der Waals surface area contributed by atoms with Crippen LogP contribution >= 0.6 is 0 Å². The van der Waals surface area contributed by atoms with Gasteiger partial charge in [-0.05, 0) is 122 Å². The Morgan fingerprint density at radius 3 is 2.37 bits per heavy atom. The fraction of sp³-hybridized carbons (Fsp3) is 0.707. The number of rotatable bonds is 12. The van der Waals surface area contributed by atoms with Crippen LogP contribution in [0.1, 0.15) is 124 Å². The highest BCUT2D eigenvalue weighted by atomic mass is 28.4. The van der Waals surface area contributed by atoms with Gasteiger partial charge in [0, 0.05) is 6.42 Å². The highest BCUT2D eigenvalue weighted by molar-refractivity contribution is 6.74. The Morgan fingerprint density at radius 2 is 1.74 bits per heavy atom. The van der Waals surface area contributed by atoms with Gasteiger partial charge >= 0.3 is 0 Å². The predicted molar refractivity (Wildman–Crippen MR) is 195 cm³/mol. The molecule has 258 valence electrons. The highest BCUT2D eigenvalue weighted by Gasteiger charge is 2.50. The van der Waals surface area contributed by atoms with E-state index in [2.05, 4.69) is 66.4 Å². The van der Waals surface area contributed by atoms with Gasteiger partial charge in [-0.25, -0.2) is 0 Å². The zero-order chi connectivity index (χ0) is 33.9. The number of ether oxygens (including phenoxy) is 1. The lowest BCUT2D eigenvalue weighted by molar-refractivity contribution is 0.0197. The summed E-state index contributed by atoms with van der Waals surface area (Å²) in [6.45, 7) is 25.8. The van der Waals surface area contributed by atoms with Crippen molar-refractivity contribution in [3.8, 4) is 0 Å². The molecule has 0 saturated heterocycles. The molecular formula is C41H66O4Si.